The molecule has 2 aromatic rings. The van der Waals surface area contributed by atoms with E-state index in [-0.39, 0.29) is 17.0 Å². The van der Waals surface area contributed by atoms with Crippen LogP contribution in [0.25, 0.3) is 0 Å². The van der Waals surface area contributed by atoms with Crippen molar-refractivity contribution in [3.8, 4) is 11.5 Å². The van der Waals surface area contributed by atoms with Crippen molar-refractivity contribution in [3.05, 3.63) is 63.7 Å². The molecule has 1 amide bonds. The highest BCUT2D eigenvalue weighted by Gasteiger charge is 2.21. The third-order valence-electron chi connectivity index (χ3n) is 3.86. The van der Waals surface area contributed by atoms with Gasteiger partial charge in [0.05, 0.1) is 12.0 Å². The minimum Gasteiger partial charge on any atom is -0.497 e. The third-order valence-corrected chi connectivity index (χ3v) is 3.86. The molecule has 142 valence electrons. The summed E-state index contributed by atoms with van der Waals surface area (Å²) < 4.78 is 10.5. The Kier molecular flexibility index (Phi) is 6.87. The van der Waals surface area contributed by atoms with Crippen LogP contribution in [0.5, 0.6) is 11.5 Å². The fourth-order valence-corrected chi connectivity index (χ4v) is 2.36. The van der Waals surface area contributed by atoms with Gasteiger partial charge in [-0.3, -0.25) is 19.7 Å². The normalized spacial score (nSPS) is 11.3. The number of amides is 1. The summed E-state index contributed by atoms with van der Waals surface area (Å²) in [4.78, 5) is 33.4. The molecule has 27 heavy (non-hydrogen) atoms. The monoisotopic (exact) mass is 372 g/mol. The van der Waals surface area contributed by atoms with Crippen LogP contribution < -0.4 is 14.8 Å². The molecule has 0 aliphatic rings. The number of hydrogen-bond donors (Lipinski definition) is 1. The Balaban J connectivity index is 1.91. The Morgan fingerprint density at radius 3 is 2.56 bits per heavy atom. The number of carbonyl (C=O) groups excluding carboxylic acids is 2. The van der Waals surface area contributed by atoms with E-state index in [0.29, 0.717) is 19.3 Å². The van der Waals surface area contributed by atoms with Gasteiger partial charge in [-0.2, -0.15) is 0 Å². The second kappa shape index (κ2) is 9.33. The van der Waals surface area contributed by atoms with Crippen molar-refractivity contribution in [2.24, 2.45) is 0 Å². The first-order valence-electron chi connectivity index (χ1n) is 8.25. The van der Waals surface area contributed by atoms with Gasteiger partial charge in [0, 0.05) is 18.2 Å². The molecule has 0 heterocycles. The summed E-state index contributed by atoms with van der Waals surface area (Å²) in [6.07, 6.45) is 0.199. The second-order valence-electron chi connectivity index (χ2n) is 5.75. The lowest BCUT2D eigenvalue weighted by Gasteiger charge is -2.15. The topological polar surface area (TPSA) is 108 Å². The fraction of sp³-hybridized carbons (Fsp3) is 0.263. The number of benzene rings is 2. The number of nitro groups is 1. The van der Waals surface area contributed by atoms with Crippen LogP contribution in [-0.4, -0.2) is 36.9 Å². The molecule has 8 heteroatoms. The van der Waals surface area contributed by atoms with Crippen LogP contribution in [0.4, 0.5) is 5.69 Å². The van der Waals surface area contributed by atoms with Crippen LogP contribution in [0.15, 0.2) is 42.5 Å². The molecule has 0 saturated heterocycles. The third kappa shape index (κ3) is 5.53. The molecular weight excluding hydrogens is 352 g/mol. The molecular formula is C19H20N2O6. The molecule has 0 spiro atoms. The van der Waals surface area contributed by atoms with Crippen LogP contribution in [-0.2, 0) is 11.2 Å². The van der Waals surface area contributed by atoms with E-state index in [1.807, 2.05) is 24.3 Å². The van der Waals surface area contributed by atoms with Gasteiger partial charge >= 0.3 is 5.69 Å². The molecule has 0 aromatic heterocycles. The summed E-state index contributed by atoms with van der Waals surface area (Å²) >= 11 is 0. The van der Waals surface area contributed by atoms with Crippen LogP contribution >= 0.6 is 0 Å². The van der Waals surface area contributed by atoms with Crippen molar-refractivity contribution in [1.29, 1.82) is 0 Å². The number of ether oxygens (including phenoxy) is 2. The quantitative estimate of drug-likeness (QED) is 0.412. The van der Waals surface area contributed by atoms with E-state index in [1.54, 1.807) is 7.11 Å². The first-order valence-corrected chi connectivity index (χ1v) is 8.25. The SMILES string of the molecule is COc1ccc(CCNC(=O)[C@@H](C)Oc2ccc(C=O)cc2[N+](=O)[O-])cc1. The molecule has 2 rings (SSSR count). The van der Waals surface area contributed by atoms with Crippen LogP contribution in [0.1, 0.15) is 22.8 Å². The smallest absolute Gasteiger partial charge is 0.311 e. The summed E-state index contributed by atoms with van der Waals surface area (Å²) in [5.74, 6) is 0.299. The summed E-state index contributed by atoms with van der Waals surface area (Å²) in [5, 5.41) is 13.8. The Morgan fingerprint density at radius 2 is 1.96 bits per heavy atom. The lowest BCUT2D eigenvalue weighted by molar-refractivity contribution is -0.386. The first-order chi connectivity index (χ1) is 12.9. The molecule has 8 nitrogen and oxygen atoms in total. The van der Waals surface area contributed by atoms with Gasteiger partial charge < -0.3 is 14.8 Å². The predicted octanol–water partition coefficient (Wildman–Crippen LogP) is 2.54. The Hall–Kier alpha value is -3.42. The first kappa shape index (κ1) is 19.9. The Morgan fingerprint density at radius 1 is 1.26 bits per heavy atom. The van der Waals surface area contributed by atoms with Crippen molar-refractivity contribution >= 4 is 17.9 Å². The molecule has 0 bridgehead atoms. The zero-order chi connectivity index (χ0) is 19.8. The van der Waals surface area contributed by atoms with Crippen LogP contribution in [0.2, 0.25) is 0 Å². The summed E-state index contributed by atoms with van der Waals surface area (Å²) in [6, 6.07) is 11.3. The van der Waals surface area contributed by atoms with Crippen molar-refractivity contribution < 1.29 is 24.0 Å². The number of methoxy groups -OCH3 is 1. The van der Waals surface area contributed by atoms with E-state index in [4.69, 9.17) is 9.47 Å². The molecule has 0 saturated carbocycles. The average Bonchev–Trinajstić information content (AvgIpc) is 2.68. The summed E-state index contributed by atoms with van der Waals surface area (Å²) in [6.45, 7) is 1.89. The van der Waals surface area contributed by atoms with Gasteiger partial charge in [0.2, 0.25) is 0 Å². The molecule has 0 aliphatic heterocycles. The zero-order valence-electron chi connectivity index (χ0n) is 15.0. The van der Waals surface area contributed by atoms with Crippen molar-refractivity contribution in [2.75, 3.05) is 13.7 Å². The van der Waals surface area contributed by atoms with Gasteiger partial charge in [0.15, 0.2) is 11.9 Å². The van der Waals surface area contributed by atoms with E-state index in [1.165, 1.54) is 19.1 Å². The second-order valence-corrected chi connectivity index (χ2v) is 5.75. The van der Waals surface area contributed by atoms with Gasteiger partial charge in [-0.15, -0.1) is 0 Å². The molecule has 0 fully saturated rings. The molecule has 0 aliphatic carbocycles. The van der Waals surface area contributed by atoms with E-state index in [9.17, 15) is 19.7 Å². The fourth-order valence-electron chi connectivity index (χ4n) is 2.36. The lowest BCUT2D eigenvalue weighted by Crippen LogP contribution is -2.37. The summed E-state index contributed by atoms with van der Waals surface area (Å²) in [7, 11) is 1.59. The van der Waals surface area contributed by atoms with E-state index >= 15 is 0 Å². The predicted molar refractivity (Wildman–Crippen MR) is 98.3 cm³/mol. The van der Waals surface area contributed by atoms with Crippen molar-refractivity contribution in [1.82, 2.24) is 5.32 Å². The maximum atomic E-state index is 12.2. The van der Waals surface area contributed by atoms with Gasteiger partial charge in [0.1, 0.15) is 12.0 Å². The van der Waals surface area contributed by atoms with Gasteiger partial charge in [-0.05, 0) is 43.2 Å². The van der Waals surface area contributed by atoms with E-state index in [2.05, 4.69) is 5.32 Å². The number of nitrogens with one attached hydrogen (secondary N) is 1. The number of rotatable bonds is 9. The number of hydrogen-bond acceptors (Lipinski definition) is 6. The van der Waals surface area contributed by atoms with Crippen LogP contribution in [0.3, 0.4) is 0 Å². The maximum absolute atomic E-state index is 12.2. The molecule has 0 radical (unpaired) electrons. The minimum atomic E-state index is -0.929. The lowest BCUT2D eigenvalue weighted by atomic mass is 10.1. The molecule has 2 aromatic carbocycles. The van der Waals surface area contributed by atoms with Gasteiger partial charge in [-0.1, -0.05) is 12.1 Å². The van der Waals surface area contributed by atoms with Gasteiger partial charge in [0.25, 0.3) is 5.91 Å². The minimum absolute atomic E-state index is 0.0663. The molecule has 1 atom stereocenters. The number of carbonyl (C=O) groups is 2. The van der Waals surface area contributed by atoms with E-state index in [0.717, 1.165) is 17.4 Å². The highest BCUT2D eigenvalue weighted by molar-refractivity contribution is 5.81. The number of nitro benzene ring substituents is 1. The van der Waals surface area contributed by atoms with Crippen molar-refractivity contribution in [2.45, 2.75) is 19.4 Å². The molecule has 0 unspecified atom stereocenters. The van der Waals surface area contributed by atoms with Gasteiger partial charge in [-0.25, -0.2) is 0 Å². The Labute approximate surface area is 156 Å². The average molecular weight is 372 g/mol. The largest absolute Gasteiger partial charge is 0.497 e. The van der Waals surface area contributed by atoms with Crippen molar-refractivity contribution in [3.63, 3.8) is 0 Å². The number of aldehydes is 1. The highest BCUT2D eigenvalue weighted by atomic mass is 16.6. The number of nitrogens with zero attached hydrogens (tertiary/aromatic N) is 1. The zero-order valence-corrected chi connectivity index (χ0v) is 15.0. The Bertz CT molecular complexity index is 819. The molecule has 1 N–H and O–H groups in total. The van der Waals surface area contributed by atoms with E-state index < -0.39 is 16.9 Å². The summed E-state index contributed by atoms with van der Waals surface area (Å²) in [5.41, 5.74) is 0.827. The maximum Gasteiger partial charge on any atom is 0.311 e. The standard InChI is InChI=1S/C19H20N2O6/c1-13(27-18-8-5-15(12-22)11-17(18)21(24)25)19(23)20-10-9-14-3-6-16(26-2)7-4-14/h3-8,11-13H,9-10H2,1-2H3,(H,20,23)/t13-/m1/s1. The van der Waals surface area contributed by atoms with Crippen LogP contribution in [0, 0.1) is 10.1 Å². The highest BCUT2D eigenvalue weighted by Crippen LogP contribution is 2.28.